The molecule has 0 saturated carbocycles. The van der Waals surface area contributed by atoms with Crippen LogP contribution in [0.5, 0.6) is 0 Å². The number of hydrogen-bond donors (Lipinski definition) is 2. The first kappa shape index (κ1) is 17.4. The summed E-state index contributed by atoms with van der Waals surface area (Å²) in [5.41, 5.74) is 0.329. The molecule has 1 atom stereocenters. The lowest BCUT2D eigenvalue weighted by Crippen LogP contribution is -2.41. The lowest BCUT2D eigenvalue weighted by molar-refractivity contribution is -0.146. The summed E-state index contributed by atoms with van der Waals surface area (Å²) >= 11 is 0. The molecule has 126 valence electrons. The molecule has 1 aliphatic heterocycles. The standard InChI is InChI=1S/C14H19N3O5S/c1-22-14(19)12-6-3-7-17(12)9-13(18)16-10-4-2-5-11(8-10)23(15,20)21/h2,4-5,8,12H,3,6-7,9H2,1H3,(H,16,18)(H2,15,20,21)/t12-/m1/s1. The first-order valence-corrected chi connectivity index (χ1v) is 8.60. The molecule has 9 heteroatoms. The van der Waals surface area contributed by atoms with E-state index in [1.54, 1.807) is 11.0 Å². The Morgan fingerprint density at radius 1 is 1.43 bits per heavy atom. The number of likely N-dealkylation sites (tertiary alicyclic amines) is 1. The number of esters is 1. The van der Waals surface area contributed by atoms with Gasteiger partial charge in [-0.25, -0.2) is 13.6 Å². The van der Waals surface area contributed by atoms with Crippen molar-refractivity contribution in [1.82, 2.24) is 4.90 Å². The Kier molecular flexibility index (Phi) is 5.34. The van der Waals surface area contributed by atoms with Crippen LogP contribution in [0.25, 0.3) is 0 Å². The number of hydrogen-bond acceptors (Lipinski definition) is 6. The van der Waals surface area contributed by atoms with Crippen molar-refractivity contribution in [2.75, 3.05) is 25.5 Å². The fraction of sp³-hybridized carbons (Fsp3) is 0.429. The normalized spacial score (nSPS) is 18.6. The van der Waals surface area contributed by atoms with Crippen molar-refractivity contribution in [3.8, 4) is 0 Å². The molecule has 8 nitrogen and oxygen atoms in total. The number of sulfonamides is 1. The molecule has 1 fully saturated rings. The highest BCUT2D eigenvalue weighted by Gasteiger charge is 2.32. The summed E-state index contributed by atoms with van der Waals surface area (Å²) < 4.78 is 27.3. The third-order valence-corrected chi connectivity index (χ3v) is 4.54. The first-order valence-electron chi connectivity index (χ1n) is 7.06. The van der Waals surface area contributed by atoms with Crippen LogP contribution in [0.15, 0.2) is 29.2 Å². The molecular formula is C14H19N3O5S. The van der Waals surface area contributed by atoms with Crippen molar-refractivity contribution in [3.63, 3.8) is 0 Å². The number of benzene rings is 1. The molecule has 0 aromatic heterocycles. The molecule has 2 rings (SSSR count). The van der Waals surface area contributed by atoms with E-state index in [1.807, 2.05) is 0 Å². The molecule has 1 amide bonds. The molecule has 0 spiro atoms. The maximum atomic E-state index is 12.1. The zero-order chi connectivity index (χ0) is 17.0. The van der Waals surface area contributed by atoms with E-state index in [2.05, 4.69) is 5.32 Å². The number of rotatable bonds is 5. The number of nitrogens with two attached hydrogens (primary N) is 1. The minimum atomic E-state index is -3.83. The average molecular weight is 341 g/mol. The molecule has 1 heterocycles. The second-order valence-electron chi connectivity index (χ2n) is 5.27. The van der Waals surface area contributed by atoms with Gasteiger partial charge in [0.1, 0.15) is 6.04 Å². The number of carbonyl (C=O) groups is 2. The summed E-state index contributed by atoms with van der Waals surface area (Å²) in [4.78, 5) is 25.4. The molecule has 1 aliphatic rings. The van der Waals surface area contributed by atoms with E-state index in [1.165, 1.54) is 25.3 Å². The summed E-state index contributed by atoms with van der Waals surface area (Å²) in [5.74, 6) is -0.695. The van der Waals surface area contributed by atoms with Crippen molar-refractivity contribution in [2.24, 2.45) is 5.14 Å². The monoisotopic (exact) mass is 341 g/mol. The van der Waals surface area contributed by atoms with E-state index >= 15 is 0 Å². The molecule has 0 aliphatic carbocycles. The zero-order valence-corrected chi connectivity index (χ0v) is 13.5. The molecular weight excluding hydrogens is 322 g/mol. The minimum Gasteiger partial charge on any atom is -0.468 e. The molecule has 1 saturated heterocycles. The molecule has 0 bridgehead atoms. The fourth-order valence-electron chi connectivity index (χ4n) is 2.55. The van der Waals surface area contributed by atoms with Crippen molar-refractivity contribution in [2.45, 2.75) is 23.8 Å². The van der Waals surface area contributed by atoms with Crippen LogP contribution in [-0.2, 0) is 24.3 Å². The number of primary sulfonamides is 1. The highest BCUT2D eigenvalue weighted by Crippen LogP contribution is 2.19. The molecule has 0 unspecified atom stereocenters. The van der Waals surface area contributed by atoms with Crippen LogP contribution in [0, 0.1) is 0 Å². The summed E-state index contributed by atoms with van der Waals surface area (Å²) in [6, 6.07) is 5.27. The molecule has 1 aromatic rings. The third-order valence-electron chi connectivity index (χ3n) is 3.63. The Balaban J connectivity index is 2.01. The van der Waals surface area contributed by atoms with Crippen LogP contribution in [0.3, 0.4) is 0 Å². The largest absolute Gasteiger partial charge is 0.468 e. The van der Waals surface area contributed by atoms with Crippen LogP contribution in [0.1, 0.15) is 12.8 Å². The molecule has 0 radical (unpaired) electrons. The Hall–Kier alpha value is -1.97. The number of ether oxygens (including phenoxy) is 1. The van der Waals surface area contributed by atoms with Gasteiger partial charge >= 0.3 is 5.97 Å². The van der Waals surface area contributed by atoms with E-state index < -0.39 is 16.1 Å². The highest BCUT2D eigenvalue weighted by molar-refractivity contribution is 7.89. The Morgan fingerprint density at radius 2 is 2.17 bits per heavy atom. The SMILES string of the molecule is COC(=O)[C@H]1CCCN1CC(=O)Nc1cccc(S(N)(=O)=O)c1. The predicted molar refractivity (Wildman–Crippen MR) is 83.1 cm³/mol. The number of methoxy groups -OCH3 is 1. The first-order chi connectivity index (χ1) is 10.8. The van der Waals surface area contributed by atoms with Crippen molar-refractivity contribution in [3.05, 3.63) is 24.3 Å². The fourth-order valence-corrected chi connectivity index (χ4v) is 3.11. The van der Waals surface area contributed by atoms with Crippen LogP contribution < -0.4 is 10.5 Å². The van der Waals surface area contributed by atoms with Gasteiger partial charge in [-0.05, 0) is 37.6 Å². The number of anilines is 1. The van der Waals surface area contributed by atoms with Crippen LogP contribution in [-0.4, -0.2) is 51.4 Å². The van der Waals surface area contributed by atoms with Crippen molar-refractivity contribution in [1.29, 1.82) is 0 Å². The second kappa shape index (κ2) is 7.07. The van der Waals surface area contributed by atoms with Crippen LogP contribution >= 0.6 is 0 Å². The second-order valence-corrected chi connectivity index (χ2v) is 6.83. The van der Waals surface area contributed by atoms with Gasteiger partial charge in [0.25, 0.3) is 0 Å². The Bertz CT molecular complexity index is 704. The summed E-state index contributed by atoms with van der Waals surface area (Å²) in [5, 5.41) is 7.66. The lowest BCUT2D eigenvalue weighted by atomic mass is 10.2. The van der Waals surface area contributed by atoms with Gasteiger partial charge in [-0.1, -0.05) is 6.07 Å². The number of nitrogens with one attached hydrogen (secondary N) is 1. The van der Waals surface area contributed by atoms with E-state index in [4.69, 9.17) is 9.88 Å². The summed E-state index contributed by atoms with van der Waals surface area (Å²) in [6.45, 7) is 0.657. The van der Waals surface area contributed by atoms with Gasteiger partial charge in [0.05, 0.1) is 18.6 Å². The smallest absolute Gasteiger partial charge is 0.323 e. The summed E-state index contributed by atoms with van der Waals surface area (Å²) in [6.07, 6.45) is 1.47. The maximum Gasteiger partial charge on any atom is 0.323 e. The Morgan fingerprint density at radius 3 is 2.83 bits per heavy atom. The highest BCUT2D eigenvalue weighted by atomic mass is 32.2. The zero-order valence-electron chi connectivity index (χ0n) is 12.7. The molecule has 1 aromatic carbocycles. The lowest BCUT2D eigenvalue weighted by Gasteiger charge is -2.21. The minimum absolute atomic E-state index is 0.0272. The van der Waals surface area contributed by atoms with Crippen molar-refractivity contribution < 1.29 is 22.7 Å². The quantitative estimate of drug-likeness (QED) is 0.723. The van der Waals surface area contributed by atoms with E-state index in [0.29, 0.717) is 18.7 Å². The number of nitrogens with zero attached hydrogens (tertiary/aromatic N) is 1. The van der Waals surface area contributed by atoms with E-state index in [0.717, 1.165) is 6.42 Å². The van der Waals surface area contributed by atoms with Gasteiger partial charge in [-0.2, -0.15) is 0 Å². The predicted octanol–water partition coefficient (Wildman–Crippen LogP) is -0.0901. The topological polar surface area (TPSA) is 119 Å². The average Bonchev–Trinajstić information content (AvgIpc) is 2.93. The number of amides is 1. The maximum absolute atomic E-state index is 12.1. The molecule has 23 heavy (non-hydrogen) atoms. The van der Waals surface area contributed by atoms with Gasteiger partial charge in [0.2, 0.25) is 15.9 Å². The van der Waals surface area contributed by atoms with Gasteiger partial charge in [-0.3, -0.25) is 14.5 Å². The van der Waals surface area contributed by atoms with E-state index in [-0.39, 0.29) is 23.3 Å². The van der Waals surface area contributed by atoms with Crippen LogP contribution in [0.4, 0.5) is 5.69 Å². The molecule has 3 N–H and O–H groups in total. The number of carbonyl (C=O) groups excluding carboxylic acids is 2. The van der Waals surface area contributed by atoms with Crippen molar-refractivity contribution >= 4 is 27.6 Å². The van der Waals surface area contributed by atoms with Gasteiger partial charge in [0.15, 0.2) is 0 Å². The third kappa shape index (κ3) is 4.50. The van der Waals surface area contributed by atoms with Crippen LogP contribution in [0.2, 0.25) is 0 Å². The summed E-state index contributed by atoms with van der Waals surface area (Å²) in [7, 11) is -2.51. The van der Waals surface area contributed by atoms with E-state index in [9.17, 15) is 18.0 Å². The van der Waals surface area contributed by atoms with Gasteiger partial charge in [-0.15, -0.1) is 0 Å². The van der Waals surface area contributed by atoms with Gasteiger partial charge in [0, 0.05) is 5.69 Å². The van der Waals surface area contributed by atoms with Gasteiger partial charge < -0.3 is 10.1 Å². The Labute approximate surface area is 134 Å².